The molecule has 1 fully saturated rings. The Balaban J connectivity index is 1.57. The molecule has 1 amide bonds. The first-order valence-electron chi connectivity index (χ1n) is 11.3. The summed E-state index contributed by atoms with van der Waals surface area (Å²) in [5, 5.41) is 10.5. The second kappa shape index (κ2) is 12.3. The minimum absolute atomic E-state index is 0.164. The second-order valence-corrected chi connectivity index (χ2v) is 10.7. The van der Waals surface area contributed by atoms with Gasteiger partial charge in [0.15, 0.2) is 16.7 Å². The number of amides is 1. The molecule has 1 N–H and O–H groups in total. The van der Waals surface area contributed by atoms with Crippen LogP contribution in [0.25, 0.3) is 6.08 Å². The van der Waals surface area contributed by atoms with Crippen molar-refractivity contribution in [2.24, 2.45) is 4.99 Å². The van der Waals surface area contributed by atoms with Gasteiger partial charge in [-0.3, -0.25) is 9.69 Å². The van der Waals surface area contributed by atoms with Gasteiger partial charge in [-0.1, -0.05) is 45.2 Å². The van der Waals surface area contributed by atoms with Crippen molar-refractivity contribution >= 4 is 79.7 Å². The Morgan fingerprint density at radius 2 is 1.79 bits per heavy atom. The number of nitrogens with zero attached hydrogens (tertiary/aromatic N) is 2. The molecule has 196 valence electrons. The quantitative estimate of drug-likeness (QED) is 0.256. The van der Waals surface area contributed by atoms with Crippen LogP contribution in [0.4, 0.5) is 5.69 Å². The third-order valence-corrected chi connectivity index (χ3v) is 7.86. The summed E-state index contributed by atoms with van der Waals surface area (Å²) in [6, 6.07) is 15.0. The highest BCUT2D eigenvalue weighted by Crippen LogP contribution is 2.39. The van der Waals surface area contributed by atoms with Crippen molar-refractivity contribution in [3.8, 4) is 11.5 Å². The van der Waals surface area contributed by atoms with Crippen LogP contribution in [0.15, 0.2) is 69.0 Å². The SMILES string of the molecule is CCOc1cc(/C=C2\SC(=Nc3ccc(C(=O)O)cc3)N(C)C2=O)c(Br)cc1OCc1ccc(Cl)c(Cl)c1. The topological polar surface area (TPSA) is 88.4 Å². The number of carboxylic acid groups (broad SMARTS) is 1. The van der Waals surface area contributed by atoms with Crippen LogP contribution < -0.4 is 9.47 Å². The summed E-state index contributed by atoms with van der Waals surface area (Å²) in [6.45, 7) is 2.56. The van der Waals surface area contributed by atoms with E-state index in [0.717, 1.165) is 11.1 Å². The minimum Gasteiger partial charge on any atom is -0.490 e. The van der Waals surface area contributed by atoms with Crippen LogP contribution in [0.1, 0.15) is 28.4 Å². The largest absolute Gasteiger partial charge is 0.490 e. The van der Waals surface area contributed by atoms with E-state index in [-0.39, 0.29) is 18.1 Å². The number of thioether (sulfide) groups is 1. The summed E-state index contributed by atoms with van der Waals surface area (Å²) in [7, 11) is 1.64. The van der Waals surface area contributed by atoms with Crippen LogP contribution in [0.3, 0.4) is 0 Å². The van der Waals surface area contributed by atoms with Crippen molar-refractivity contribution in [1.82, 2.24) is 4.90 Å². The standard InChI is InChI=1S/C27H21BrCl2N2O5S/c1-3-36-22-11-17(19(28)13-23(22)37-14-15-4-9-20(29)21(30)10-15)12-24-25(33)32(2)27(38-24)31-18-7-5-16(6-8-18)26(34)35/h4-13H,3,14H2,1-2H3,(H,34,35)/b24-12-,31-27?. The molecular weight excluding hydrogens is 615 g/mol. The molecule has 1 aliphatic rings. The normalized spacial score (nSPS) is 15.4. The molecule has 11 heteroatoms. The van der Waals surface area contributed by atoms with Gasteiger partial charge in [-0.15, -0.1) is 0 Å². The average molecular weight is 636 g/mol. The lowest BCUT2D eigenvalue weighted by Gasteiger charge is -2.14. The molecule has 0 unspecified atom stereocenters. The Morgan fingerprint density at radius 3 is 2.45 bits per heavy atom. The van der Waals surface area contributed by atoms with E-state index >= 15 is 0 Å². The highest BCUT2D eigenvalue weighted by Gasteiger charge is 2.30. The van der Waals surface area contributed by atoms with Gasteiger partial charge in [0, 0.05) is 11.5 Å². The van der Waals surface area contributed by atoms with Gasteiger partial charge in [-0.2, -0.15) is 0 Å². The summed E-state index contributed by atoms with van der Waals surface area (Å²) in [4.78, 5) is 30.4. The monoisotopic (exact) mass is 634 g/mol. The molecular formula is C27H21BrCl2N2O5S. The van der Waals surface area contributed by atoms with E-state index in [1.807, 2.05) is 13.0 Å². The van der Waals surface area contributed by atoms with Crippen LogP contribution in [-0.2, 0) is 11.4 Å². The summed E-state index contributed by atoms with van der Waals surface area (Å²) >= 11 is 16.9. The Morgan fingerprint density at radius 1 is 1.08 bits per heavy atom. The van der Waals surface area contributed by atoms with Gasteiger partial charge in [-0.25, -0.2) is 9.79 Å². The fourth-order valence-corrected chi connectivity index (χ4v) is 5.15. The van der Waals surface area contributed by atoms with Gasteiger partial charge in [-0.05, 0) is 84.4 Å². The summed E-state index contributed by atoms with van der Waals surface area (Å²) in [6.07, 6.45) is 1.76. The highest BCUT2D eigenvalue weighted by atomic mass is 79.9. The number of likely N-dealkylation sites (N-methyl/N-ethyl adjacent to an activating group) is 1. The summed E-state index contributed by atoms with van der Waals surface area (Å²) in [5.74, 6) is -0.166. The molecule has 4 rings (SSSR count). The highest BCUT2D eigenvalue weighted by molar-refractivity contribution is 9.10. The lowest BCUT2D eigenvalue weighted by atomic mass is 10.1. The number of carbonyl (C=O) groups excluding carboxylic acids is 1. The van der Waals surface area contributed by atoms with Crippen molar-refractivity contribution < 1.29 is 24.2 Å². The Hall–Kier alpha value is -2.98. The zero-order valence-electron chi connectivity index (χ0n) is 20.2. The molecule has 1 aliphatic heterocycles. The first kappa shape index (κ1) is 28.0. The van der Waals surface area contributed by atoms with E-state index in [1.165, 1.54) is 28.8 Å². The zero-order chi connectivity index (χ0) is 27.4. The second-order valence-electron chi connectivity index (χ2n) is 8.01. The van der Waals surface area contributed by atoms with E-state index in [2.05, 4.69) is 20.9 Å². The summed E-state index contributed by atoms with van der Waals surface area (Å²) < 4.78 is 12.5. The van der Waals surface area contributed by atoms with Gasteiger partial charge < -0.3 is 14.6 Å². The zero-order valence-corrected chi connectivity index (χ0v) is 24.1. The first-order valence-corrected chi connectivity index (χ1v) is 13.7. The molecule has 0 aliphatic carbocycles. The van der Waals surface area contributed by atoms with Crippen LogP contribution in [0.2, 0.25) is 10.0 Å². The number of amidine groups is 1. The first-order chi connectivity index (χ1) is 18.2. The number of carbonyl (C=O) groups is 2. The van der Waals surface area contributed by atoms with Crippen LogP contribution in [0, 0.1) is 0 Å². The van der Waals surface area contributed by atoms with E-state index in [0.29, 0.717) is 48.4 Å². The number of ether oxygens (including phenoxy) is 2. The maximum atomic E-state index is 12.9. The molecule has 0 saturated carbocycles. The molecule has 0 atom stereocenters. The maximum Gasteiger partial charge on any atom is 0.335 e. The Labute approximate surface area is 242 Å². The van der Waals surface area contributed by atoms with E-state index in [1.54, 1.807) is 49.5 Å². The van der Waals surface area contributed by atoms with Gasteiger partial charge in [0.2, 0.25) is 0 Å². The van der Waals surface area contributed by atoms with Crippen molar-refractivity contribution in [2.75, 3.05) is 13.7 Å². The molecule has 3 aromatic rings. The Kier molecular flexibility index (Phi) is 9.04. The number of halogens is 3. The van der Waals surface area contributed by atoms with E-state index < -0.39 is 5.97 Å². The molecule has 3 aromatic carbocycles. The number of rotatable bonds is 8. The van der Waals surface area contributed by atoms with Crippen molar-refractivity contribution in [3.63, 3.8) is 0 Å². The molecule has 1 saturated heterocycles. The third-order valence-electron chi connectivity index (χ3n) is 5.37. The van der Waals surface area contributed by atoms with Crippen molar-refractivity contribution in [1.29, 1.82) is 0 Å². The van der Waals surface area contributed by atoms with Gasteiger partial charge in [0.25, 0.3) is 5.91 Å². The molecule has 0 radical (unpaired) electrons. The van der Waals surface area contributed by atoms with Crippen LogP contribution in [-0.4, -0.2) is 40.7 Å². The molecule has 0 spiro atoms. The fourth-order valence-electron chi connectivity index (χ4n) is 3.41. The minimum atomic E-state index is -1.01. The number of hydrogen-bond acceptors (Lipinski definition) is 6. The number of carboxylic acids is 1. The van der Waals surface area contributed by atoms with Crippen LogP contribution >= 0.6 is 50.9 Å². The number of aromatic carboxylic acids is 1. The fraction of sp³-hybridized carbons (Fsp3) is 0.148. The van der Waals surface area contributed by atoms with E-state index in [9.17, 15) is 9.59 Å². The number of benzene rings is 3. The summed E-state index contributed by atoms with van der Waals surface area (Å²) in [5.41, 5.74) is 2.29. The molecule has 38 heavy (non-hydrogen) atoms. The molecule has 7 nitrogen and oxygen atoms in total. The third kappa shape index (κ3) is 6.53. The average Bonchev–Trinajstić information content (AvgIpc) is 3.15. The number of aliphatic imine (C=N–C) groups is 1. The van der Waals surface area contributed by atoms with Crippen LogP contribution in [0.5, 0.6) is 11.5 Å². The van der Waals surface area contributed by atoms with Crippen molar-refractivity contribution in [3.05, 3.63) is 90.7 Å². The smallest absolute Gasteiger partial charge is 0.335 e. The van der Waals surface area contributed by atoms with Crippen molar-refractivity contribution in [2.45, 2.75) is 13.5 Å². The molecule has 1 heterocycles. The predicted molar refractivity (Wildman–Crippen MR) is 155 cm³/mol. The lowest BCUT2D eigenvalue weighted by molar-refractivity contribution is -0.121. The lowest BCUT2D eigenvalue weighted by Crippen LogP contribution is -2.23. The molecule has 0 aromatic heterocycles. The maximum absolute atomic E-state index is 12.9. The predicted octanol–water partition coefficient (Wildman–Crippen LogP) is 7.67. The van der Waals surface area contributed by atoms with Gasteiger partial charge in [0.05, 0.1) is 32.8 Å². The van der Waals surface area contributed by atoms with E-state index in [4.69, 9.17) is 37.8 Å². The Bertz CT molecular complexity index is 1460. The number of hydrogen-bond donors (Lipinski definition) is 1. The van der Waals surface area contributed by atoms with Gasteiger partial charge in [0.1, 0.15) is 6.61 Å². The van der Waals surface area contributed by atoms with Gasteiger partial charge >= 0.3 is 5.97 Å². The molecule has 0 bridgehead atoms.